The Morgan fingerprint density at radius 3 is 2.48 bits per heavy atom. The Bertz CT molecular complexity index is 2350. The lowest BCUT2D eigenvalue weighted by Crippen LogP contribution is -2.74. The second-order valence-corrected chi connectivity index (χ2v) is 15.5. The monoisotopic (exact) mass is 779 g/mol. The van der Waals surface area contributed by atoms with Crippen LogP contribution in [-0.4, -0.2) is 63.8 Å². The van der Waals surface area contributed by atoms with Crippen molar-refractivity contribution >= 4 is 39.9 Å². The molecule has 0 radical (unpaired) electrons. The molecule has 0 saturated heterocycles. The van der Waals surface area contributed by atoms with E-state index in [9.17, 15) is 19.6 Å². The van der Waals surface area contributed by atoms with Crippen molar-refractivity contribution in [2.45, 2.75) is 59.1 Å². The molecule has 0 unspecified atom stereocenters. The summed E-state index contributed by atoms with van der Waals surface area (Å²) in [5, 5.41) is 20.2. The molecule has 6 N–H and O–H groups in total. The van der Waals surface area contributed by atoms with Crippen molar-refractivity contribution in [1.82, 2.24) is 30.2 Å². The first-order valence-electron chi connectivity index (χ1n) is 18.5. The normalized spacial score (nSPS) is 16.7. The first-order valence-corrected chi connectivity index (χ1v) is 18.9. The van der Waals surface area contributed by atoms with Gasteiger partial charge >= 0.3 is 5.69 Å². The Balaban J connectivity index is 0.864. The standard InChI is InChI=1S/C41H46ClN9O5/c1-40(2)37(41(3,4)38(40)56-30-10-8-25(21-43)31(42)20-30)49-35(52)26-9-13-34(48-22-26)46-16-15-45-14-6-5-7-17-55-29-11-12-33-27(19-29)18-28(23-47-33)51-24-32(44)36(53)50-39(51)54/h8-13,18-20,22-24,37-38,45H,5-7,14-17,44H2,1-4H3,(H,46,48)(H,49,52)(H,50,53,54)/t37-,38-. The highest BCUT2D eigenvalue weighted by atomic mass is 35.5. The van der Waals surface area contributed by atoms with Gasteiger partial charge in [0.05, 0.1) is 40.2 Å². The molecule has 3 heterocycles. The van der Waals surface area contributed by atoms with Crippen LogP contribution in [0.3, 0.4) is 0 Å². The first kappa shape index (κ1) is 39.8. The smallest absolute Gasteiger partial charge is 0.333 e. The average Bonchev–Trinajstić information content (AvgIpc) is 3.17. The van der Waals surface area contributed by atoms with Gasteiger partial charge in [0.15, 0.2) is 0 Å². The maximum atomic E-state index is 13.2. The number of anilines is 2. The first-order chi connectivity index (χ1) is 26.8. The van der Waals surface area contributed by atoms with E-state index >= 15 is 0 Å². The van der Waals surface area contributed by atoms with Gasteiger partial charge in [0.25, 0.3) is 11.5 Å². The topological polar surface area (TPSA) is 202 Å². The summed E-state index contributed by atoms with van der Waals surface area (Å²) in [6.07, 6.45) is 7.11. The number of nitrogens with two attached hydrogens (primary N) is 1. The van der Waals surface area contributed by atoms with E-state index in [1.165, 1.54) is 10.8 Å². The molecule has 1 amide bonds. The number of hydrogen-bond donors (Lipinski definition) is 5. The molecule has 1 fully saturated rings. The summed E-state index contributed by atoms with van der Waals surface area (Å²) in [6.45, 7) is 11.1. The van der Waals surface area contributed by atoms with Gasteiger partial charge in [0.2, 0.25) is 0 Å². The molecule has 0 atom stereocenters. The average molecular weight is 780 g/mol. The highest BCUT2D eigenvalue weighted by Crippen LogP contribution is 2.55. The molecule has 1 aliphatic carbocycles. The molecule has 56 heavy (non-hydrogen) atoms. The highest BCUT2D eigenvalue weighted by molar-refractivity contribution is 6.31. The molecule has 6 rings (SSSR count). The number of pyridine rings is 2. The molecule has 3 aromatic heterocycles. The van der Waals surface area contributed by atoms with E-state index in [0.29, 0.717) is 52.3 Å². The number of halogens is 1. The predicted molar refractivity (Wildman–Crippen MR) is 217 cm³/mol. The number of carbonyl (C=O) groups is 1. The lowest BCUT2D eigenvalue weighted by Gasteiger charge is -2.63. The molecule has 14 nitrogen and oxygen atoms in total. The second kappa shape index (κ2) is 16.8. The van der Waals surface area contributed by atoms with Gasteiger partial charge in [0.1, 0.15) is 35.2 Å². The number of fused-ring (bicyclic) bond motifs is 1. The summed E-state index contributed by atoms with van der Waals surface area (Å²) in [7, 11) is 0. The predicted octanol–water partition coefficient (Wildman–Crippen LogP) is 5.44. The zero-order chi connectivity index (χ0) is 40.0. The van der Waals surface area contributed by atoms with Gasteiger partial charge in [-0.2, -0.15) is 5.26 Å². The third kappa shape index (κ3) is 8.80. The Hall–Kier alpha value is -5.91. The van der Waals surface area contributed by atoms with E-state index in [0.717, 1.165) is 43.3 Å². The number of rotatable bonds is 16. The maximum absolute atomic E-state index is 13.2. The number of unbranched alkanes of at least 4 members (excludes halogenated alkanes) is 2. The van der Waals surface area contributed by atoms with Crippen LogP contribution < -0.4 is 42.4 Å². The van der Waals surface area contributed by atoms with E-state index in [1.807, 2.05) is 18.2 Å². The number of H-pyrrole nitrogens is 1. The van der Waals surface area contributed by atoms with Crippen molar-refractivity contribution < 1.29 is 14.3 Å². The molecule has 292 valence electrons. The minimum Gasteiger partial charge on any atom is -0.494 e. The van der Waals surface area contributed by atoms with Crippen molar-refractivity contribution in [2.24, 2.45) is 10.8 Å². The lowest BCUT2D eigenvalue weighted by molar-refractivity contribution is -0.164. The van der Waals surface area contributed by atoms with Gasteiger partial charge in [0, 0.05) is 53.8 Å². The van der Waals surface area contributed by atoms with Crippen molar-refractivity contribution in [3.63, 3.8) is 0 Å². The van der Waals surface area contributed by atoms with Gasteiger partial charge in [-0.3, -0.25) is 24.1 Å². The van der Waals surface area contributed by atoms with Gasteiger partial charge in [-0.1, -0.05) is 39.3 Å². The fourth-order valence-corrected chi connectivity index (χ4v) is 7.78. The van der Waals surface area contributed by atoms with Crippen molar-refractivity contribution in [3.05, 3.63) is 110 Å². The Morgan fingerprint density at radius 2 is 1.75 bits per heavy atom. The lowest BCUT2D eigenvalue weighted by atomic mass is 9.49. The van der Waals surface area contributed by atoms with Gasteiger partial charge < -0.3 is 31.2 Å². The third-order valence-corrected chi connectivity index (χ3v) is 10.5. The number of nitrogen functional groups attached to an aromatic ring is 1. The number of ether oxygens (including phenoxy) is 2. The molecule has 0 aliphatic heterocycles. The van der Waals surface area contributed by atoms with Gasteiger partial charge in [-0.15, -0.1) is 0 Å². The van der Waals surface area contributed by atoms with E-state index in [-0.39, 0.29) is 34.6 Å². The molecular formula is C41H46ClN9O5. The third-order valence-electron chi connectivity index (χ3n) is 10.2. The number of aromatic amines is 1. The summed E-state index contributed by atoms with van der Waals surface area (Å²) < 4.78 is 13.6. The van der Waals surface area contributed by atoms with E-state index < -0.39 is 11.2 Å². The molecule has 5 aromatic rings. The molecular weight excluding hydrogens is 734 g/mol. The van der Waals surface area contributed by atoms with Crippen LogP contribution in [0.25, 0.3) is 16.6 Å². The molecule has 1 saturated carbocycles. The molecule has 15 heteroatoms. The van der Waals surface area contributed by atoms with Crippen LogP contribution in [0.1, 0.15) is 62.9 Å². The minimum absolute atomic E-state index is 0.0633. The van der Waals surface area contributed by atoms with Crippen LogP contribution in [0.4, 0.5) is 11.5 Å². The number of nitriles is 1. The Morgan fingerprint density at radius 1 is 0.964 bits per heavy atom. The quantitative estimate of drug-likeness (QED) is 0.0799. The fraction of sp³-hybridized carbons (Fsp3) is 0.366. The number of nitrogens with zero attached hydrogens (tertiary/aromatic N) is 4. The Kier molecular flexibility index (Phi) is 12.0. The zero-order valence-corrected chi connectivity index (χ0v) is 32.6. The fourth-order valence-electron chi connectivity index (χ4n) is 7.56. The summed E-state index contributed by atoms with van der Waals surface area (Å²) in [4.78, 5) is 48.2. The van der Waals surface area contributed by atoms with E-state index in [1.54, 1.807) is 48.8 Å². The van der Waals surface area contributed by atoms with E-state index in [4.69, 9.17) is 26.8 Å². The van der Waals surface area contributed by atoms with Crippen LogP contribution in [0, 0.1) is 22.2 Å². The largest absolute Gasteiger partial charge is 0.494 e. The van der Waals surface area contributed by atoms with Crippen LogP contribution in [-0.2, 0) is 0 Å². The maximum Gasteiger partial charge on any atom is 0.333 e. The Labute approximate surface area is 329 Å². The molecule has 2 aromatic carbocycles. The van der Waals surface area contributed by atoms with Gasteiger partial charge in [-0.05, 0) is 74.3 Å². The summed E-state index contributed by atoms with van der Waals surface area (Å²) in [6, 6.07) is 17.9. The SMILES string of the molecule is CC1(C)[C@H](NC(=O)c2ccc(NCCNCCCCCOc3ccc4ncc(-n5cc(N)c(=O)[nH]c5=O)cc4c3)nc2)C(C)(C)[C@H]1Oc1ccc(C#N)c(Cl)c1. The number of nitrogens with one attached hydrogen (secondary N) is 4. The van der Waals surface area contributed by atoms with Crippen LogP contribution in [0.5, 0.6) is 11.5 Å². The van der Waals surface area contributed by atoms with Crippen LogP contribution in [0.15, 0.2) is 82.8 Å². The number of benzene rings is 2. The molecule has 1 aliphatic rings. The van der Waals surface area contributed by atoms with Crippen LogP contribution in [0.2, 0.25) is 5.02 Å². The summed E-state index contributed by atoms with van der Waals surface area (Å²) >= 11 is 6.22. The van der Waals surface area contributed by atoms with Crippen LogP contribution >= 0.6 is 11.6 Å². The van der Waals surface area contributed by atoms with Crippen molar-refractivity contribution in [2.75, 3.05) is 37.3 Å². The van der Waals surface area contributed by atoms with Crippen molar-refractivity contribution in [3.8, 4) is 23.3 Å². The molecule has 0 bridgehead atoms. The zero-order valence-electron chi connectivity index (χ0n) is 31.8. The summed E-state index contributed by atoms with van der Waals surface area (Å²) in [5.74, 6) is 1.78. The number of hydrogen-bond acceptors (Lipinski definition) is 11. The van der Waals surface area contributed by atoms with E-state index in [2.05, 4.69) is 64.7 Å². The second-order valence-electron chi connectivity index (χ2n) is 15.1. The highest BCUT2D eigenvalue weighted by Gasteiger charge is 2.64. The molecule has 0 spiro atoms. The minimum atomic E-state index is -0.626. The summed E-state index contributed by atoms with van der Waals surface area (Å²) in [5.41, 5.74) is 5.77. The number of amides is 1. The van der Waals surface area contributed by atoms with Gasteiger partial charge in [-0.25, -0.2) is 9.78 Å². The number of aromatic nitrogens is 4. The van der Waals surface area contributed by atoms with Crippen molar-refractivity contribution in [1.29, 1.82) is 5.26 Å². The number of carbonyl (C=O) groups excluding carboxylic acids is 1.